The first-order valence-electron chi connectivity index (χ1n) is 7.56. The van der Waals surface area contributed by atoms with Crippen LogP contribution in [-0.4, -0.2) is 50.1 Å². The van der Waals surface area contributed by atoms with Gasteiger partial charge in [-0.1, -0.05) is 20.3 Å². The van der Waals surface area contributed by atoms with Crippen molar-refractivity contribution in [3.8, 4) is 0 Å². The van der Waals surface area contributed by atoms with E-state index in [-0.39, 0.29) is 11.9 Å². The van der Waals surface area contributed by atoms with Crippen LogP contribution in [-0.2, 0) is 14.3 Å². The Hall–Kier alpha value is -1.10. The van der Waals surface area contributed by atoms with Crippen LogP contribution in [0, 0.1) is 5.92 Å². The van der Waals surface area contributed by atoms with Crippen LogP contribution in [0.3, 0.4) is 0 Å². The first-order valence-corrected chi connectivity index (χ1v) is 7.56. The quantitative estimate of drug-likeness (QED) is 0.465. The maximum Gasteiger partial charge on any atom is 0.305 e. The zero-order valence-corrected chi connectivity index (χ0v) is 13.4. The molecule has 0 saturated heterocycles. The second-order valence-electron chi connectivity index (χ2n) is 5.55. The van der Waals surface area contributed by atoms with E-state index in [9.17, 15) is 9.59 Å². The number of unbranched alkanes of at least 4 members (excludes halogenated alkanes) is 2. The van der Waals surface area contributed by atoms with Crippen molar-refractivity contribution in [2.24, 2.45) is 5.92 Å². The van der Waals surface area contributed by atoms with Gasteiger partial charge >= 0.3 is 5.97 Å². The van der Waals surface area contributed by atoms with Gasteiger partial charge in [0.15, 0.2) is 0 Å². The van der Waals surface area contributed by atoms with Gasteiger partial charge in [-0.3, -0.25) is 14.5 Å². The number of nitrogens with zero attached hydrogens (tertiary/aromatic N) is 1. The van der Waals surface area contributed by atoms with Crippen LogP contribution < -0.4 is 5.32 Å². The number of amides is 1. The standard InChI is InChI=1S/C15H30N2O3/c1-5-20-15(19)9-7-6-8-10-17(4)12-14(18)16-11-13(2)3/h13H,5-12H2,1-4H3,(H,16,18). The molecule has 0 spiro atoms. The molecule has 0 aromatic carbocycles. The Kier molecular flexibility index (Phi) is 11.1. The van der Waals surface area contributed by atoms with E-state index in [0.717, 1.165) is 32.4 Å². The molecular weight excluding hydrogens is 256 g/mol. The average molecular weight is 286 g/mol. The number of carbonyl (C=O) groups is 2. The summed E-state index contributed by atoms with van der Waals surface area (Å²) in [7, 11) is 1.94. The van der Waals surface area contributed by atoms with E-state index in [1.165, 1.54) is 0 Å². The fourth-order valence-corrected chi connectivity index (χ4v) is 1.76. The van der Waals surface area contributed by atoms with Gasteiger partial charge in [0.1, 0.15) is 0 Å². The molecule has 5 nitrogen and oxygen atoms in total. The molecule has 118 valence electrons. The first kappa shape index (κ1) is 18.9. The minimum Gasteiger partial charge on any atom is -0.466 e. The Labute approximate surface area is 123 Å². The molecule has 0 unspecified atom stereocenters. The van der Waals surface area contributed by atoms with Gasteiger partial charge in [0.25, 0.3) is 0 Å². The summed E-state index contributed by atoms with van der Waals surface area (Å²) < 4.78 is 4.87. The summed E-state index contributed by atoms with van der Waals surface area (Å²) in [5, 5.41) is 2.90. The topological polar surface area (TPSA) is 58.6 Å². The molecule has 5 heteroatoms. The first-order chi connectivity index (χ1) is 9.45. The second-order valence-corrected chi connectivity index (χ2v) is 5.55. The van der Waals surface area contributed by atoms with Gasteiger partial charge in [-0.25, -0.2) is 0 Å². The van der Waals surface area contributed by atoms with Crippen LogP contribution in [0.1, 0.15) is 46.5 Å². The number of hydrogen-bond acceptors (Lipinski definition) is 4. The SMILES string of the molecule is CCOC(=O)CCCCCN(C)CC(=O)NCC(C)C. The van der Waals surface area contributed by atoms with Crippen LogP contribution in [0.25, 0.3) is 0 Å². The van der Waals surface area contributed by atoms with E-state index in [1.807, 2.05) is 18.9 Å². The molecule has 1 N–H and O–H groups in total. The Morgan fingerprint density at radius 1 is 1.20 bits per heavy atom. The molecule has 0 atom stereocenters. The van der Waals surface area contributed by atoms with Crippen LogP contribution in [0.15, 0.2) is 0 Å². The highest BCUT2D eigenvalue weighted by molar-refractivity contribution is 5.77. The fraction of sp³-hybridized carbons (Fsp3) is 0.867. The zero-order valence-electron chi connectivity index (χ0n) is 13.4. The van der Waals surface area contributed by atoms with E-state index in [4.69, 9.17) is 4.74 Å². The van der Waals surface area contributed by atoms with Gasteiger partial charge in [0.2, 0.25) is 5.91 Å². The van der Waals surface area contributed by atoms with Gasteiger partial charge in [-0.05, 0) is 39.3 Å². The molecule has 0 aromatic rings. The zero-order chi connectivity index (χ0) is 15.4. The van der Waals surface area contributed by atoms with Crippen molar-refractivity contribution in [1.29, 1.82) is 0 Å². The number of nitrogens with one attached hydrogen (secondary N) is 1. The third-order valence-corrected chi connectivity index (χ3v) is 2.85. The Morgan fingerprint density at radius 3 is 2.50 bits per heavy atom. The molecule has 0 radical (unpaired) electrons. The van der Waals surface area contributed by atoms with Crippen molar-refractivity contribution in [2.45, 2.75) is 46.5 Å². The number of carbonyl (C=O) groups excluding carboxylic acids is 2. The lowest BCUT2D eigenvalue weighted by molar-refractivity contribution is -0.143. The molecule has 0 aliphatic carbocycles. The van der Waals surface area contributed by atoms with Gasteiger partial charge in [-0.15, -0.1) is 0 Å². The molecule has 0 aromatic heterocycles. The van der Waals surface area contributed by atoms with Crippen molar-refractivity contribution >= 4 is 11.9 Å². The molecule has 20 heavy (non-hydrogen) atoms. The van der Waals surface area contributed by atoms with Gasteiger partial charge < -0.3 is 10.1 Å². The normalized spacial score (nSPS) is 10.9. The maximum absolute atomic E-state index is 11.6. The number of rotatable bonds is 11. The minimum atomic E-state index is -0.117. The molecule has 0 saturated carbocycles. The van der Waals surface area contributed by atoms with Crippen LogP contribution >= 0.6 is 0 Å². The van der Waals surface area contributed by atoms with Gasteiger partial charge in [-0.2, -0.15) is 0 Å². The predicted molar refractivity (Wildman–Crippen MR) is 80.4 cm³/mol. The largest absolute Gasteiger partial charge is 0.466 e. The van der Waals surface area contributed by atoms with Crippen molar-refractivity contribution in [1.82, 2.24) is 10.2 Å². The summed E-state index contributed by atoms with van der Waals surface area (Å²) >= 11 is 0. The number of hydrogen-bond donors (Lipinski definition) is 1. The molecule has 0 heterocycles. The average Bonchev–Trinajstić information content (AvgIpc) is 2.36. The van der Waals surface area contributed by atoms with Gasteiger partial charge in [0, 0.05) is 13.0 Å². The summed E-state index contributed by atoms with van der Waals surface area (Å²) in [6.07, 6.45) is 3.32. The van der Waals surface area contributed by atoms with Crippen molar-refractivity contribution < 1.29 is 14.3 Å². The summed E-state index contributed by atoms with van der Waals surface area (Å²) in [6.45, 7) is 8.46. The number of esters is 1. The van der Waals surface area contributed by atoms with E-state index >= 15 is 0 Å². The molecule has 1 amide bonds. The van der Waals surface area contributed by atoms with E-state index in [1.54, 1.807) is 0 Å². The number of ether oxygens (including phenoxy) is 1. The second kappa shape index (κ2) is 11.7. The highest BCUT2D eigenvalue weighted by atomic mass is 16.5. The molecule has 0 bridgehead atoms. The Bertz CT molecular complexity index is 280. The molecular formula is C15H30N2O3. The highest BCUT2D eigenvalue weighted by Crippen LogP contribution is 2.02. The molecule has 0 rings (SSSR count). The number of likely N-dealkylation sites (N-methyl/N-ethyl adjacent to an activating group) is 1. The lowest BCUT2D eigenvalue weighted by atomic mass is 10.2. The molecule has 0 aliphatic rings. The van der Waals surface area contributed by atoms with Gasteiger partial charge in [0.05, 0.1) is 13.2 Å². The van der Waals surface area contributed by atoms with Crippen LogP contribution in [0.4, 0.5) is 0 Å². The maximum atomic E-state index is 11.6. The Balaban J connectivity index is 3.51. The third kappa shape index (κ3) is 12.0. The van der Waals surface area contributed by atoms with Crippen molar-refractivity contribution in [3.63, 3.8) is 0 Å². The highest BCUT2D eigenvalue weighted by Gasteiger charge is 2.07. The summed E-state index contributed by atoms with van der Waals surface area (Å²) in [5.41, 5.74) is 0. The van der Waals surface area contributed by atoms with E-state index < -0.39 is 0 Å². The summed E-state index contributed by atoms with van der Waals surface area (Å²) in [6, 6.07) is 0. The summed E-state index contributed by atoms with van der Waals surface area (Å²) in [5.74, 6) is 0.439. The van der Waals surface area contributed by atoms with Crippen LogP contribution in [0.5, 0.6) is 0 Å². The van der Waals surface area contributed by atoms with E-state index in [0.29, 0.717) is 25.5 Å². The lowest BCUT2D eigenvalue weighted by Crippen LogP contribution is -2.37. The smallest absolute Gasteiger partial charge is 0.305 e. The van der Waals surface area contributed by atoms with Crippen molar-refractivity contribution in [2.75, 3.05) is 33.3 Å². The molecule has 0 aliphatic heterocycles. The minimum absolute atomic E-state index is 0.0766. The predicted octanol–water partition coefficient (Wildman–Crippen LogP) is 1.81. The van der Waals surface area contributed by atoms with E-state index in [2.05, 4.69) is 19.2 Å². The lowest BCUT2D eigenvalue weighted by Gasteiger charge is -2.16. The van der Waals surface area contributed by atoms with Crippen LogP contribution in [0.2, 0.25) is 0 Å². The Morgan fingerprint density at radius 2 is 1.90 bits per heavy atom. The molecule has 0 fully saturated rings. The van der Waals surface area contributed by atoms with Crippen molar-refractivity contribution in [3.05, 3.63) is 0 Å². The fourth-order valence-electron chi connectivity index (χ4n) is 1.76. The third-order valence-electron chi connectivity index (χ3n) is 2.85. The monoisotopic (exact) mass is 286 g/mol. The summed E-state index contributed by atoms with van der Waals surface area (Å²) in [4.78, 5) is 24.7.